The van der Waals surface area contributed by atoms with Crippen molar-refractivity contribution in [1.29, 1.82) is 0 Å². The van der Waals surface area contributed by atoms with Gasteiger partial charge in [0, 0.05) is 26.1 Å². The van der Waals surface area contributed by atoms with Gasteiger partial charge in [-0.1, -0.05) is 12.1 Å². The molecule has 2 aliphatic rings. The Balaban J connectivity index is 1.43. The topological polar surface area (TPSA) is 80.3 Å². The Hall–Kier alpha value is -1.67. The molecule has 150 valence electrons. The maximum Gasteiger partial charge on any atom is 0.220 e. The molecule has 0 aromatic heterocycles. The number of carbonyl (C=O) groups excluding carboxylic acids is 1. The predicted octanol–water partition coefficient (Wildman–Crippen LogP) is 0.944. The van der Waals surface area contributed by atoms with Gasteiger partial charge in [0.2, 0.25) is 5.91 Å². The summed E-state index contributed by atoms with van der Waals surface area (Å²) in [5.74, 6) is 0.786. The van der Waals surface area contributed by atoms with Gasteiger partial charge in [0.05, 0.1) is 32.5 Å². The van der Waals surface area contributed by atoms with Crippen molar-refractivity contribution in [2.45, 2.75) is 38.0 Å². The summed E-state index contributed by atoms with van der Waals surface area (Å²) in [5, 5.41) is 12.2. The number of benzene rings is 1. The van der Waals surface area contributed by atoms with Crippen LogP contribution in [0.4, 0.5) is 0 Å². The third kappa shape index (κ3) is 6.46. The monoisotopic (exact) mass is 378 g/mol. The molecule has 1 amide bonds. The minimum atomic E-state index is -0.207. The van der Waals surface area contributed by atoms with Crippen LogP contribution in [0.2, 0.25) is 0 Å². The number of nitrogens with zero attached hydrogens (tertiary/aromatic N) is 1. The molecule has 7 heteroatoms. The molecule has 2 atom stereocenters. The summed E-state index contributed by atoms with van der Waals surface area (Å²) in [4.78, 5) is 14.7. The average molecular weight is 378 g/mol. The average Bonchev–Trinajstić information content (AvgIpc) is 2.71. The van der Waals surface area contributed by atoms with Gasteiger partial charge < -0.3 is 24.6 Å². The highest BCUT2D eigenvalue weighted by Crippen LogP contribution is 2.19. The summed E-state index contributed by atoms with van der Waals surface area (Å²) in [6.45, 7) is 5.50. The number of hydrogen-bond acceptors (Lipinski definition) is 6. The molecular weight excluding hydrogens is 348 g/mol. The van der Waals surface area contributed by atoms with Crippen LogP contribution in [-0.4, -0.2) is 74.1 Å². The van der Waals surface area contributed by atoms with Gasteiger partial charge in [-0.2, -0.15) is 0 Å². The highest BCUT2D eigenvalue weighted by atomic mass is 16.5. The van der Waals surface area contributed by atoms with Gasteiger partial charge in [0.25, 0.3) is 0 Å². The van der Waals surface area contributed by atoms with Crippen molar-refractivity contribution >= 4 is 5.91 Å². The van der Waals surface area contributed by atoms with Gasteiger partial charge in [0.15, 0.2) is 0 Å². The second kappa shape index (κ2) is 10.6. The first-order valence-corrected chi connectivity index (χ1v) is 9.78. The Bertz CT molecular complexity index is 574. The number of nitrogens with one attached hydrogen (secondary N) is 1. The lowest BCUT2D eigenvalue weighted by atomic mass is 10.1. The molecule has 0 bridgehead atoms. The summed E-state index contributed by atoms with van der Waals surface area (Å²) in [7, 11) is 0. The van der Waals surface area contributed by atoms with E-state index in [4.69, 9.17) is 19.3 Å². The molecule has 1 aromatic rings. The normalized spacial score (nSPS) is 23.7. The van der Waals surface area contributed by atoms with Crippen molar-refractivity contribution in [1.82, 2.24) is 10.2 Å². The summed E-state index contributed by atoms with van der Waals surface area (Å²) in [6, 6.07) is 7.28. The number of ether oxygens (including phenoxy) is 3. The van der Waals surface area contributed by atoms with E-state index in [0.717, 1.165) is 51.3 Å². The molecule has 7 nitrogen and oxygen atoms in total. The zero-order valence-electron chi connectivity index (χ0n) is 15.8. The van der Waals surface area contributed by atoms with E-state index in [9.17, 15) is 4.79 Å². The zero-order chi connectivity index (χ0) is 18.9. The molecule has 0 radical (unpaired) electrons. The number of rotatable bonds is 8. The van der Waals surface area contributed by atoms with Crippen LogP contribution in [0.1, 0.15) is 24.8 Å². The van der Waals surface area contributed by atoms with E-state index in [1.165, 1.54) is 0 Å². The van der Waals surface area contributed by atoms with Crippen molar-refractivity contribution < 1.29 is 24.1 Å². The van der Waals surface area contributed by atoms with E-state index in [1.807, 2.05) is 24.3 Å². The van der Waals surface area contributed by atoms with Crippen LogP contribution in [0.3, 0.4) is 0 Å². The second-order valence-electron chi connectivity index (χ2n) is 7.05. The fraction of sp³-hybridized carbons (Fsp3) is 0.650. The molecule has 0 aliphatic carbocycles. The van der Waals surface area contributed by atoms with Gasteiger partial charge in [-0.15, -0.1) is 0 Å². The molecule has 2 heterocycles. The third-order valence-corrected chi connectivity index (χ3v) is 5.03. The largest absolute Gasteiger partial charge is 0.486 e. The molecule has 3 rings (SSSR count). The van der Waals surface area contributed by atoms with Crippen LogP contribution in [0, 0.1) is 0 Å². The lowest BCUT2D eigenvalue weighted by molar-refractivity contribution is -0.124. The van der Waals surface area contributed by atoms with Crippen molar-refractivity contribution in [3.8, 4) is 5.75 Å². The lowest BCUT2D eigenvalue weighted by Crippen LogP contribution is -2.51. The highest BCUT2D eigenvalue weighted by Gasteiger charge is 2.29. The first kappa shape index (κ1) is 20.1. The van der Waals surface area contributed by atoms with Crippen molar-refractivity contribution in [3.63, 3.8) is 0 Å². The Morgan fingerprint density at radius 3 is 2.70 bits per heavy atom. The molecule has 0 saturated carbocycles. The Morgan fingerprint density at radius 2 is 1.96 bits per heavy atom. The Morgan fingerprint density at radius 1 is 1.19 bits per heavy atom. The van der Waals surface area contributed by atoms with Gasteiger partial charge in [0.1, 0.15) is 11.9 Å². The molecule has 1 aromatic carbocycles. The van der Waals surface area contributed by atoms with Crippen molar-refractivity contribution in [2.75, 3.05) is 46.1 Å². The minimum Gasteiger partial charge on any atom is -0.486 e. The third-order valence-electron chi connectivity index (χ3n) is 5.03. The smallest absolute Gasteiger partial charge is 0.220 e. The number of hydrogen-bond donors (Lipinski definition) is 2. The number of aliphatic hydroxyl groups excluding tert-OH is 1. The van der Waals surface area contributed by atoms with Crippen molar-refractivity contribution in [3.05, 3.63) is 29.8 Å². The summed E-state index contributed by atoms with van der Waals surface area (Å²) in [6.07, 6.45) is 1.91. The molecular formula is C20H30N2O5. The first-order chi connectivity index (χ1) is 13.2. The van der Waals surface area contributed by atoms with Crippen molar-refractivity contribution in [2.24, 2.45) is 0 Å². The molecule has 2 saturated heterocycles. The van der Waals surface area contributed by atoms with E-state index in [1.54, 1.807) is 0 Å². The lowest BCUT2D eigenvalue weighted by Gasteiger charge is -2.32. The Kier molecular flexibility index (Phi) is 7.89. The molecule has 0 spiro atoms. The van der Waals surface area contributed by atoms with Gasteiger partial charge in [-0.25, -0.2) is 0 Å². The van der Waals surface area contributed by atoms with Crippen LogP contribution < -0.4 is 10.1 Å². The number of aliphatic hydroxyl groups is 1. The van der Waals surface area contributed by atoms with Crippen LogP contribution in [0.15, 0.2) is 24.3 Å². The summed E-state index contributed by atoms with van der Waals surface area (Å²) in [5.41, 5.74) is 0.840. The fourth-order valence-corrected chi connectivity index (χ4v) is 3.41. The molecule has 2 aliphatic heterocycles. The van der Waals surface area contributed by atoms with E-state index in [0.29, 0.717) is 25.4 Å². The van der Waals surface area contributed by atoms with Crippen LogP contribution >= 0.6 is 0 Å². The van der Waals surface area contributed by atoms with Gasteiger partial charge in [-0.3, -0.25) is 9.69 Å². The van der Waals surface area contributed by atoms with Gasteiger partial charge in [-0.05, 0) is 37.1 Å². The first-order valence-electron chi connectivity index (χ1n) is 9.78. The number of amides is 1. The second-order valence-corrected chi connectivity index (χ2v) is 7.05. The molecule has 2 fully saturated rings. The fourth-order valence-electron chi connectivity index (χ4n) is 3.41. The molecule has 2 N–H and O–H groups in total. The number of carbonyl (C=O) groups is 1. The zero-order valence-corrected chi connectivity index (χ0v) is 15.8. The number of morpholine rings is 1. The van der Waals surface area contributed by atoms with Crippen LogP contribution in [0.25, 0.3) is 0 Å². The Labute approximate surface area is 160 Å². The molecule has 27 heavy (non-hydrogen) atoms. The van der Waals surface area contributed by atoms with Crippen LogP contribution in [0.5, 0.6) is 5.75 Å². The standard InChI is InChI=1S/C20H30N2O5/c23-14-16-3-5-17(6-4-16)27-19-15-26-11-7-18(19)21-20(24)2-1-8-22-9-12-25-13-10-22/h3-6,18-19,23H,1-2,7-15H2,(H,21,24). The van der Waals surface area contributed by atoms with E-state index in [2.05, 4.69) is 10.2 Å². The van der Waals surface area contributed by atoms with E-state index in [-0.39, 0.29) is 24.7 Å². The van der Waals surface area contributed by atoms with Gasteiger partial charge >= 0.3 is 0 Å². The highest BCUT2D eigenvalue weighted by molar-refractivity contribution is 5.76. The molecule has 2 unspecified atom stereocenters. The summed E-state index contributed by atoms with van der Waals surface area (Å²) >= 11 is 0. The predicted molar refractivity (Wildman–Crippen MR) is 101 cm³/mol. The van der Waals surface area contributed by atoms with E-state index >= 15 is 0 Å². The van der Waals surface area contributed by atoms with E-state index < -0.39 is 0 Å². The van der Waals surface area contributed by atoms with Crippen LogP contribution in [-0.2, 0) is 20.9 Å². The maximum atomic E-state index is 12.4. The minimum absolute atomic E-state index is 0.00988. The summed E-state index contributed by atoms with van der Waals surface area (Å²) < 4.78 is 16.9. The maximum absolute atomic E-state index is 12.4. The SMILES string of the molecule is O=C(CCCN1CCOCC1)NC1CCOCC1Oc1ccc(CO)cc1. The quantitative estimate of drug-likeness (QED) is 0.701.